The van der Waals surface area contributed by atoms with Crippen molar-refractivity contribution in [3.8, 4) is 0 Å². The number of anilines is 2. The van der Waals surface area contributed by atoms with Crippen LogP contribution < -0.4 is 10.6 Å². The third-order valence-electron chi connectivity index (χ3n) is 3.08. The van der Waals surface area contributed by atoms with E-state index in [2.05, 4.69) is 20.6 Å². The van der Waals surface area contributed by atoms with Gasteiger partial charge in [-0.1, -0.05) is 29.8 Å². The van der Waals surface area contributed by atoms with E-state index in [4.69, 9.17) is 16.7 Å². The first-order valence-electron chi connectivity index (χ1n) is 7.10. The molecule has 1 aromatic carbocycles. The molecule has 9 heteroatoms. The molecule has 24 heavy (non-hydrogen) atoms. The number of hydrogen-bond donors (Lipinski definition) is 3. The Hall–Kier alpha value is -2.06. The van der Waals surface area contributed by atoms with Crippen molar-refractivity contribution < 1.29 is 18.3 Å². The maximum atomic E-state index is 13.0. The lowest BCUT2D eigenvalue weighted by molar-refractivity contribution is -0.141. The van der Waals surface area contributed by atoms with Crippen LogP contribution in [0.5, 0.6) is 0 Å². The van der Waals surface area contributed by atoms with Gasteiger partial charge in [-0.2, -0.15) is 18.2 Å². The summed E-state index contributed by atoms with van der Waals surface area (Å²) in [4.78, 5) is 7.43. The van der Waals surface area contributed by atoms with Crippen molar-refractivity contribution in [1.29, 1.82) is 0 Å². The smallest absolute Gasteiger partial charge is 0.394 e. The first-order valence-corrected chi connectivity index (χ1v) is 7.48. The van der Waals surface area contributed by atoms with Gasteiger partial charge in [-0.3, -0.25) is 0 Å². The zero-order valence-corrected chi connectivity index (χ0v) is 13.5. The molecule has 0 bridgehead atoms. The van der Waals surface area contributed by atoms with E-state index < -0.39 is 17.9 Å². The minimum atomic E-state index is -4.61. The maximum absolute atomic E-state index is 13.0. The lowest BCUT2D eigenvalue weighted by Crippen LogP contribution is -2.22. The van der Waals surface area contributed by atoms with Gasteiger partial charge in [-0.25, -0.2) is 4.98 Å². The maximum Gasteiger partial charge on any atom is 0.433 e. The molecule has 0 radical (unpaired) electrons. The topological polar surface area (TPSA) is 70.1 Å². The van der Waals surface area contributed by atoms with Gasteiger partial charge in [0.2, 0.25) is 5.95 Å². The molecule has 1 heterocycles. The third-order valence-corrected chi connectivity index (χ3v) is 3.45. The highest BCUT2D eigenvalue weighted by Gasteiger charge is 2.33. The zero-order chi connectivity index (χ0) is 17.7. The number of benzene rings is 1. The Morgan fingerprint density at radius 3 is 2.58 bits per heavy atom. The predicted molar refractivity (Wildman–Crippen MR) is 86.0 cm³/mol. The molecule has 0 aliphatic carbocycles. The minimum absolute atomic E-state index is 0.00452. The summed E-state index contributed by atoms with van der Waals surface area (Å²) < 4.78 is 38.9. The molecule has 0 fully saturated rings. The molecule has 0 aliphatic heterocycles. The second-order valence-corrected chi connectivity index (χ2v) is 5.54. The second kappa shape index (κ2) is 7.67. The Balaban J connectivity index is 2.24. The molecule has 0 aliphatic rings. The van der Waals surface area contributed by atoms with Gasteiger partial charge in [0.05, 0.1) is 6.61 Å². The van der Waals surface area contributed by atoms with Crippen LogP contribution in [0.3, 0.4) is 0 Å². The van der Waals surface area contributed by atoms with Crippen LogP contribution in [0, 0.1) is 0 Å². The summed E-state index contributed by atoms with van der Waals surface area (Å²) in [5.74, 6) is -0.210. The number of aromatic nitrogens is 2. The summed E-state index contributed by atoms with van der Waals surface area (Å²) in [6.07, 6.45) is -4.61. The molecule has 0 spiro atoms. The summed E-state index contributed by atoms with van der Waals surface area (Å²) in [5.41, 5.74) is -0.351. The highest BCUT2D eigenvalue weighted by Crippen LogP contribution is 2.30. The monoisotopic (exact) mass is 360 g/mol. The Kier molecular flexibility index (Phi) is 5.84. The van der Waals surface area contributed by atoms with Gasteiger partial charge in [-0.15, -0.1) is 0 Å². The van der Waals surface area contributed by atoms with Crippen LogP contribution in [0.1, 0.15) is 18.2 Å². The van der Waals surface area contributed by atoms with E-state index in [0.29, 0.717) is 5.02 Å². The molecule has 130 valence electrons. The minimum Gasteiger partial charge on any atom is -0.394 e. The number of hydrogen-bond acceptors (Lipinski definition) is 5. The molecular formula is C15H16ClF3N4O. The Bertz CT molecular complexity index is 697. The van der Waals surface area contributed by atoms with Gasteiger partial charge in [0.25, 0.3) is 0 Å². The van der Waals surface area contributed by atoms with E-state index in [-0.39, 0.29) is 24.9 Å². The molecule has 0 unspecified atom stereocenters. The number of nitrogens with zero attached hydrogens (tertiary/aromatic N) is 2. The Labute approximate surface area is 141 Å². The quantitative estimate of drug-likeness (QED) is 0.735. The van der Waals surface area contributed by atoms with Gasteiger partial charge < -0.3 is 15.7 Å². The van der Waals surface area contributed by atoms with Crippen molar-refractivity contribution in [2.75, 3.05) is 17.2 Å². The number of nitrogens with one attached hydrogen (secondary N) is 2. The van der Waals surface area contributed by atoms with Crippen molar-refractivity contribution in [1.82, 2.24) is 9.97 Å². The van der Waals surface area contributed by atoms with Crippen LogP contribution in [0.4, 0.5) is 24.9 Å². The van der Waals surface area contributed by atoms with Gasteiger partial charge >= 0.3 is 6.18 Å². The lowest BCUT2D eigenvalue weighted by atomic mass is 10.2. The van der Waals surface area contributed by atoms with Crippen molar-refractivity contribution in [2.45, 2.75) is 25.7 Å². The summed E-state index contributed by atoms with van der Waals surface area (Å²) in [6, 6.07) is 7.33. The van der Waals surface area contributed by atoms with Crippen LogP contribution in [0.15, 0.2) is 30.3 Å². The number of halogens is 4. The largest absolute Gasteiger partial charge is 0.433 e. The van der Waals surface area contributed by atoms with Gasteiger partial charge in [0.1, 0.15) is 5.82 Å². The van der Waals surface area contributed by atoms with Crippen LogP contribution in [-0.4, -0.2) is 27.7 Å². The van der Waals surface area contributed by atoms with Crippen molar-refractivity contribution in [2.24, 2.45) is 0 Å². The molecule has 2 rings (SSSR count). The Morgan fingerprint density at radius 2 is 1.96 bits per heavy atom. The van der Waals surface area contributed by atoms with Gasteiger partial charge in [0.15, 0.2) is 5.69 Å². The molecule has 3 N–H and O–H groups in total. The van der Waals surface area contributed by atoms with Crippen molar-refractivity contribution in [3.05, 3.63) is 46.6 Å². The number of rotatable bonds is 6. The number of alkyl halides is 3. The fourth-order valence-electron chi connectivity index (χ4n) is 1.84. The highest BCUT2D eigenvalue weighted by molar-refractivity contribution is 6.31. The summed E-state index contributed by atoms with van der Waals surface area (Å²) in [7, 11) is 0. The third kappa shape index (κ3) is 4.97. The van der Waals surface area contributed by atoms with Crippen LogP contribution in [-0.2, 0) is 12.7 Å². The average molecular weight is 361 g/mol. The molecule has 5 nitrogen and oxygen atoms in total. The molecule has 2 aromatic rings. The van der Waals surface area contributed by atoms with Crippen molar-refractivity contribution in [3.63, 3.8) is 0 Å². The van der Waals surface area contributed by atoms with E-state index in [1.165, 1.54) is 0 Å². The molecule has 0 saturated carbocycles. The molecular weight excluding hydrogens is 345 g/mol. The number of aliphatic hydroxyl groups is 1. The molecule has 1 atom stereocenters. The first kappa shape index (κ1) is 18.3. The van der Waals surface area contributed by atoms with Crippen LogP contribution in [0.25, 0.3) is 0 Å². The first-order chi connectivity index (χ1) is 11.3. The fraction of sp³-hybridized carbons (Fsp3) is 0.333. The highest BCUT2D eigenvalue weighted by atomic mass is 35.5. The van der Waals surface area contributed by atoms with E-state index in [1.54, 1.807) is 31.2 Å². The number of aliphatic hydroxyl groups excluding tert-OH is 1. The van der Waals surface area contributed by atoms with E-state index >= 15 is 0 Å². The van der Waals surface area contributed by atoms with Gasteiger partial charge in [-0.05, 0) is 18.6 Å². The van der Waals surface area contributed by atoms with Crippen LogP contribution in [0.2, 0.25) is 5.02 Å². The van der Waals surface area contributed by atoms with Gasteiger partial charge in [0, 0.05) is 23.7 Å². The van der Waals surface area contributed by atoms with E-state index in [9.17, 15) is 13.2 Å². The molecule has 1 aromatic heterocycles. The predicted octanol–water partition coefficient (Wildman–Crippen LogP) is 3.55. The molecule has 0 amide bonds. The van der Waals surface area contributed by atoms with Crippen molar-refractivity contribution >= 4 is 23.4 Å². The lowest BCUT2D eigenvalue weighted by Gasteiger charge is -2.15. The normalized spacial score (nSPS) is 12.8. The van der Waals surface area contributed by atoms with Crippen LogP contribution >= 0.6 is 11.6 Å². The zero-order valence-electron chi connectivity index (χ0n) is 12.7. The molecule has 0 saturated heterocycles. The summed E-state index contributed by atoms with van der Waals surface area (Å²) in [5, 5.41) is 14.9. The SMILES string of the molecule is C[C@@H](CO)Nc1nc(NCc2ccccc2Cl)cc(C(F)(F)F)n1. The average Bonchev–Trinajstić information content (AvgIpc) is 2.53. The fourth-order valence-corrected chi connectivity index (χ4v) is 2.04. The van der Waals surface area contributed by atoms with E-state index in [0.717, 1.165) is 11.6 Å². The summed E-state index contributed by atoms with van der Waals surface area (Å²) in [6.45, 7) is 1.55. The van der Waals surface area contributed by atoms with E-state index in [1.807, 2.05) is 0 Å². The Morgan fingerprint density at radius 1 is 1.25 bits per heavy atom. The standard InChI is InChI=1S/C15H16ClF3N4O/c1-9(8-24)21-14-22-12(15(17,18)19)6-13(23-14)20-7-10-4-2-3-5-11(10)16/h2-6,9,24H,7-8H2,1H3,(H2,20,21,22,23)/t9-/m0/s1. The second-order valence-electron chi connectivity index (χ2n) is 5.13. The summed E-state index contributed by atoms with van der Waals surface area (Å²) >= 11 is 6.02.